The predicted molar refractivity (Wildman–Crippen MR) is 39.3 cm³/mol. The van der Waals surface area contributed by atoms with Crippen molar-refractivity contribution < 1.29 is 18.3 Å². The molecule has 0 fully saturated rings. The quantitative estimate of drug-likeness (QED) is 0.561. The summed E-state index contributed by atoms with van der Waals surface area (Å²) >= 11 is 0. The number of halogens is 3. The molecule has 0 aromatic heterocycles. The maximum Gasteiger partial charge on any atom is 0.410 e. The van der Waals surface area contributed by atoms with Gasteiger partial charge in [0.15, 0.2) is 0 Å². The van der Waals surface area contributed by atoms with E-state index in [0.717, 1.165) is 0 Å². The summed E-state index contributed by atoms with van der Waals surface area (Å²) in [5.41, 5.74) is -1.25. The normalized spacial score (nSPS) is 12.8. The van der Waals surface area contributed by atoms with Gasteiger partial charge in [0.1, 0.15) is 5.60 Å². The minimum atomic E-state index is -4.34. The Kier molecular flexibility index (Phi) is 3.35. The average molecular weight is 178 g/mol. The van der Waals surface area contributed by atoms with Gasteiger partial charge < -0.3 is 5.11 Å². The third kappa shape index (κ3) is 9.05. The number of hydrogen-bond acceptors (Lipinski definition) is 1. The van der Waals surface area contributed by atoms with Crippen molar-refractivity contribution in [1.82, 2.24) is 0 Å². The van der Waals surface area contributed by atoms with Crippen LogP contribution in [-0.2, 0) is 0 Å². The summed E-state index contributed by atoms with van der Waals surface area (Å²) in [7, 11) is 0. The summed E-state index contributed by atoms with van der Waals surface area (Å²) in [5, 5.41) is 8.96. The van der Waals surface area contributed by atoms with Gasteiger partial charge in [-0.1, -0.05) is 11.8 Å². The van der Waals surface area contributed by atoms with Gasteiger partial charge in [-0.3, -0.25) is 0 Å². The van der Waals surface area contributed by atoms with Crippen LogP contribution in [0.4, 0.5) is 13.2 Å². The molecule has 0 aliphatic rings. The maximum atomic E-state index is 11.5. The number of aliphatic hydroxyl groups is 1. The molecule has 1 nitrogen and oxygen atoms in total. The standard InChI is InChI=1S/C8H9F3O/c1-7(2,12)5-3-4-6-8(9,10)11/h4,6,12H,1-2H3. The molecule has 0 bridgehead atoms. The Morgan fingerprint density at radius 1 is 1.25 bits per heavy atom. The Labute approximate surface area is 68.9 Å². The summed E-state index contributed by atoms with van der Waals surface area (Å²) in [6.07, 6.45) is -3.65. The number of alkyl halides is 3. The second-order valence-electron chi connectivity index (χ2n) is 2.70. The lowest BCUT2D eigenvalue weighted by atomic mass is 10.1. The van der Waals surface area contributed by atoms with Gasteiger partial charge in [0.25, 0.3) is 0 Å². The summed E-state index contributed by atoms with van der Waals surface area (Å²) < 4.78 is 34.4. The van der Waals surface area contributed by atoms with Crippen LogP contribution in [0, 0.1) is 11.8 Å². The molecule has 0 amide bonds. The Hall–Kier alpha value is -0.950. The molecule has 0 spiro atoms. The number of rotatable bonds is 0. The highest BCUT2D eigenvalue weighted by molar-refractivity contribution is 5.21. The molecule has 0 rings (SSSR count). The smallest absolute Gasteiger partial charge is 0.378 e. The SMILES string of the molecule is CC(C)(O)C#CC=CC(F)(F)F. The van der Waals surface area contributed by atoms with Gasteiger partial charge >= 0.3 is 6.18 Å². The zero-order valence-electron chi connectivity index (χ0n) is 6.74. The summed E-state index contributed by atoms with van der Waals surface area (Å²) in [4.78, 5) is 0. The van der Waals surface area contributed by atoms with Crippen LogP contribution in [0.25, 0.3) is 0 Å². The minimum absolute atomic E-state index is 0.0196. The van der Waals surface area contributed by atoms with E-state index in [0.29, 0.717) is 6.08 Å². The average Bonchev–Trinajstić information content (AvgIpc) is 1.76. The zero-order chi connectivity index (χ0) is 9.83. The van der Waals surface area contributed by atoms with E-state index >= 15 is 0 Å². The lowest BCUT2D eigenvalue weighted by Crippen LogP contribution is -2.14. The third-order valence-electron chi connectivity index (χ3n) is 0.734. The van der Waals surface area contributed by atoms with Crippen LogP contribution in [0.1, 0.15) is 13.8 Å². The fourth-order valence-corrected chi connectivity index (χ4v) is 0.354. The molecule has 1 N–H and O–H groups in total. The highest BCUT2D eigenvalue weighted by Gasteiger charge is 2.21. The van der Waals surface area contributed by atoms with Crippen molar-refractivity contribution in [3.05, 3.63) is 12.2 Å². The molecule has 0 aromatic carbocycles. The molecule has 0 heterocycles. The molecule has 0 unspecified atom stereocenters. The van der Waals surface area contributed by atoms with E-state index in [1.165, 1.54) is 13.8 Å². The van der Waals surface area contributed by atoms with E-state index in [2.05, 4.69) is 11.8 Å². The third-order valence-corrected chi connectivity index (χ3v) is 0.734. The van der Waals surface area contributed by atoms with Crippen LogP contribution in [0.5, 0.6) is 0 Å². The van der Waals surface area contributed by atoms with Crippen LogP contribution in [-0.4, -0.2) is 16.9 Å². The predicted octanol–water partition coefficient (Wildman–Crippen LogP) is 1.88. The van der Waals surface area contributed by atoms with Crippen molar-refractivity contribution in [1.29, 1.82) is 0 Å². The summed E-state index contributed by atoms with van der Waals surface area (Å²) in [6, 6.07) is 0. The Balaban J connectivity index is 4.13. The van der Waals surface area contributed by atoms with Crippen molar-refractivity contribution in [3.63, 3.8) is 0 Å². The Morgan fingerprint density at radius 3 is 2.08 bits per heavy atom. The van der Waals surface area contributed by atoms with Gasteiger partial charge in [-0.25, -0.2) is 0 Å². The van der Waals surface area contributed by atoms with Crippen molar-refractivity contribution in [2.45, 2.75) is 25.6 Å². The van der Waals surface area contributed by atoms with E-state index in [1.54, 1.807) is 0 Å². The van der Waals surface area contributed by atoms with Crippen LogP contribution in [0.2, 0.25) is 0 Å². The Morgan fingerprint density at radius 2 is 1.75 bits per heavy atom. The fourth-order valence-electron chi connectivity index (χ4n) is 0.354. The first kappa shape index (κ1) is 11.1. The second-order valence-corrected chi connectivity index (χ2v) is 2.70. The van der Waals surface area contributed by atoms with Gasteiger partial charge in [-0.05, 0) is 19.9 Å². The molecule has 0 saturated carbocycles. The largest absolute Gasteiger partial charge is 0.410 e. The first-order chi connectivity index (χ1) is 5.21. The molecule has 4 heteroatoms. The monoisotopic (exact) mass is 178 g/mol. The van der Waals surface area contributed by atoms with E-state index in [1.807, 2.05) is 0 Å². The molecule has 0 aliphatic carbocycles. The van der Waals surface area contributed by atoms with Crippen molar-refractivity contribution in [3.8, 4) is 11.8 Å². The van der Waals surface area contributed by atoms with Gasteiger partial charge in [0.05, 0.1) is 0 Å². The lowest BCUT2D eigenvalue weighted by Gasteiger charge is -2.05. The Bertz CT molecular complexity index is 221. The molecule has 0 atom stereocenters. The van der Waals surface area contributed by atoms with E-state index < -0.39 is 11.8 Å². The molecule has 0 saturated heterocycles. The van der Waals surface area contributed by atoms with Gasteiger partial charge in [0.2, 0.25) is 0 Å². The van der Waals surface area contributed by atoms with Crippen molar-refractivity contribution in [2.75, 3.05) is 0 Å². The highest BCUT2D eigenvalue weighted by Crippen LogP contribution is 2.15. The van der Waals surface area contributed by atoms with E-state index in [4.69, 9.17) is 5.11 Å². The topological polar surface area (TPSA) is 20.2 Å². The molecular formula is C8H9F3O. The molecular weight excluding hydrogens is 169 g/mol. The van der Waals surface area contributed by atoms with Crippen LogP contribution in [0.3, 0.4) is 0 Å². The first-order valence-corrected chi connectivity index (χ1v) is 3.20. The minimum Gasteiger partial charge on any atom is -0.378 e. The number of hydrogen-bond donors (Lipinski definition) is 1. The highest BCUT2D eigenvalue weighted by atomic mass is 19.4. The summed E-state index contributed by atoms with van der Waals surface area (Å²) in [5.74, 6) is 4.29. The number of allylic oxidation sites excluding steroid dienone is 2. The van der Waals surface area contributed by atoms with Crippen LogP contribution in [0.15, 0.2) is 12.2 Å². The van der Waals surface area contributed by atoms with E-state index in [9.17, 15) is 13.2 Å². The van der Waals surface area contributed by atoms with Gasteiger partial charge in [-0.2, -0.15) is 13.2 Å². The zero-order valence-corrected chi connectivity index (χ0v) is 6.74. The fraction of sp³-hybridized carbons (Fsp3) is 0.500. The molecule has 0 radical (unpaired) electrons. The van der Waals surface area contributed by atoms with Crippen molar-refractivity contribution in [2.24, 2.45) is 0 Å². The van der Waals surface area contributed by atoms with Crippen LogP contribution < -0.4 is 0 Å². The summed E-state index contributed by atoms with van der Waals surface area (Å²) in [6.45, 7) is 2.78. The van der Waals surface area contributed by atoms with Gasteiger partial charge in [-0.15, -0.1) is 0 Å². The molecule has 68 valence electrons. The molecule has 0 aromatic rings. The van der Waals surface area contributed by atoms with Crippen LogP contribution >= 0.6 is 0 Å². The maximum absolute atomic E-state index is 11.5. The van der Waals surface area contributed by atoms with E-state index in [-0.39, 0.29) is 6.08 Å². The first-order valence-electron chi connectivity index (χ1n) is 3.20. The molecule has 0 aliphatic heterocycles. The van der Waals surface area contributed by atoms with Gasteiger partial charge in [0, 0.05) is 6.08 Å². The second kappa shape index (κ2) is 3.63. The molecule has 12 heavy (non-hydrogen) atoms. The van der Waals surface area contributed by atoms with Crippen molar-refractivity contribution >= 4 is 0 Å². The lowest BCUT2D eigenvalue weighted by molar-refractivity contribution is -0.0797.